The standard InChI is InChI=1S/C14H19N3S/c1-5-11-10(4)16-14(17-13(11)15-6-2)12-8-7-9(3)18-12/h7-8H,5-6H2,1-4H3,(H,15,16,17). The zero-order chi connectivity index (χ0) is 13.1. The predicted molar refractivity (Wildman–Crippen MR) is 78.4 cm³/mol. The van der Waals surface area contributed by atoms with Crippen LogP contribution in [-0.2, 0) is 6.42 Å². The molecule has 2 rings (SSSR count). The lowest BCUT2D eigenvalue weighted by atomic mass is 10.1. The maximum absolute atomic E-state index is 4.67. The van der Waals surface area contributed by atoms with Crippen molar-refractivity contribution in [3.63, 3.8) is 0 Å². The van der Waals surface area contributed by atoms with Crippen LogP contribution in [0.15, 0.2) is 12.1 Å². The fourth-order valence-electron chi connectivity index (χ4n) is 2.00. The second-order valence-corrected chi connectivity index (χ2v) is 5.54. The topological polar surface area (TPSA) is 37.8 Å². The van der Waals surface area contributed by atoms with Gasteiger partial charge in [-0.1, -0.05) is 6.92 Å². The van der Waals surface area contributed by atoms with E-state index in [4.69, 9.17) is 0 Å². The van der Waals surface area contributed by atoms with Gasteiger partial charge in [0.05, 0.1) is 4.88 Å². The molecule has 96 valence electrons. The maximum atomic E-state index is 4.67. The van der Waals surface area contributed by atoms with Crippen molar-refractivity contribution in [1.29, 1.82) is 0 Å². The summed E-state index contributed by atoms with van der Waals surface area (Å²) in [5, 5.41) is 3.34. The van der Waals surface area contributed by atoms with Crippen LogP contribution < -0.4 is 5.32 Å². The van der Waals surface area contributed by atoms with Gasteiger partial charge < -0.3 is 5.32 Å². The number of thiophene rings is 1. The number of nitrogens with one attached hydrogen (secondary N) is 1. The van der Waals surface area contributed by atoms with Gasteiger partial charge in [0, 0.05) is 22.7 Å². The molecule has 0 fully saturated rings. The Morgan fingerprint density at radius 1 is 1.17 bits per heavy atom. The summed E-state index contributed by atoms with van der Waals surface area (Å²) in [6.07, 6.45) is 0.956. The van der Waals surface area contributed by atoms with E-state index in [0.717, 1.165) is 35.2 Å². The second-order valence-electron chi connectivity index (χ2n) is 4.25. The summed E-state index contributed by atoms with van der Waals surface area (Å²) < 4.78 is 0. The van der Waals surface area contributed by atoms with Crippen LogP contribution in [0.4, 0.5) is 5.82 Å². The third kappa shape index (κ3) is 2.53. The number of rotatable bonds is 4. The maximum Gasteiger partial charge on any atom is 0.171 e. The Morgan fingerprint density at radius 2 is 1.94 bits per heavy atom. The third-order valence-electron chi connectivity index (χ3n) is 2.87. The summed E-state index contributed by atoms with van der Waals surface area (Å²) >= 11 is 1.74. The zero-order valence-electron chi connectivity index (χ0n) is 11.4. The highest BCUT2D eigenvalue weighted by atomic mass is 32.1. The van der Waals surface area contributed by atoms with Gasteiger partial charge in [-0.25, -0.2) is 9.97 Å². The molecule has 0 aromatic carbocycles. The molecule has 3 nitrogen and oxygen atoms in total. The Morgan fingerprint density at radius 3 is 2.50 bits per heavy atom. The minimum absolute atomic E-state index is 0.832. The van der Waals surface area contributed by atoms with Crippen molar-refractivity contribution in [2.24, 2.45) is 0 Å². The molecule has 0 saturated heterocycles. The first-order valence-electron chi connectivity index (χ1n) is 6.33. The molecule has 0 amide bonds. The average molecular weight is 261 g/mol. The van der Waals surface area contributed by atoms with E-state index in [1.165, 1.54) is 10.4 Å². The second kappa shape index (κ2) is 5.48. The normalized spacial score (nSPS) is 10.7. The Bertz CT molecular complexity index is 546. The molecular weight excluding hydrogens is 242 g/mol. The first-order valence-corrected chi connectivity index (χ1v) is 7.15. The highest BCUT2D eigenvalue weighted by Crippen LogP contribution is 2.27. The van der Waals surface area contributed by atoms with E-state index >= 15 is 0 Å². The summed E-state index contributed by atoms with van der Waals surface area (Å²) in [7, 11) is 0. The Kier molecular flexibility index (Phi) is 3.97. The van der Waals surface area contributed by atoms with E-state index in [1.807, 2.05) is 0 Å². The van der Waals surface area contributed by atoms with E-state index in [0.29, 0.717) is 0 Å². The third-order valence-corrected chi connectivity index (χ3v) is 3.87. The SMILES string of the molecule is CCNc1nc(-c2ccc(C)s2)nc(C)c1CC. The average Bonchev–Trinajstić information content (AvgIpc) is 2.76. The molecule has 2 aromatic rings. The number of nitrogens with zero attached hydrogens (tertiary/aromatic N) is 2. The molecule has 0 aliphatic heterocycles. The van der Waals surface area contributed by atoms with E-state index in [-0.39, 0.29) is 0 Å². The lowest BCUT2D eigenvalue weighted by Gasteiger charge is -2.12. The van der Waals surface area contributed by atoms with Crippen LogP contribution in [0.25, 0.3) is 10.7 Å². The van der Waals surface area contributed by atoms with E-state index in [2.05, 4.69) is 55.1 Å². The van der Waals surface area contributed by atoms with Crippen molar-refractivity contribution >= 4 is 17.2 Å². The van der Waals surface area contributed by atoms with Crippen LogP contribution in [0.3, 0.4) is 0 Å². The fraction of sp³-hybridized carbons (Fsp3) is 0.429. The molecule has 0 aliphatic rings. The summed E-state index contributed by atoms with van der Waals surface area (Å²) in [4.78, 5) is 11.7. The van der Waals surface area contributed by atoms with Crippen molar-refractivity contribution in [2.45, 2.75) is 34.1 Å². The van der Waals surface area contributed by atoms with Gasteiger partial charge in [-0.2, -0.15) is 0 Å². The van der Waals surface area contributed by atoms with Gasteiger partial charge in [0.2, 0.25) is 0 Å². The van der Waals surface area contributed by atoms with Gasteiger partial charge in [0.1, 0.15) is 5.82 Å². The molecule has 0 unspecified atom stereocenters. The molecule has 0 saturated carbocycles. The molecule has 2 heterocycles. The molecule has 1 N–H and O–H groups in total. The van der Waals surface area contributed by atoms with E-state index in [1.54, 1.807) is 11.3 Å². The van der Waals surface area contributed by atoms with Gasteiger partial charge in [-0.3, -0.25) is 0 Å². The van der Waals surface area contributed by atoms with Gasteiger partial charge >= 0.3 is 0 Å². The highest BCUT2D eigenvalue weighted by Gasteiger charge is 2.12. The molecular formula is C14H19N3S. The minimum Gasteiger partial charge on any atom is -0.370 e. The van der Waals surface area contributed by atoms with Crippen LogP contribution in [0.5, 0.6) is 0 Å². The van der Waals surface area contributed by atoms with Crippen molar-refractivity contribution in [3.05, 3.63) is 28.3 Å². The van der Waals surface area contributed by atoms with Crippen molar-refractivity contribution in [1.82, 2.24) is 9.97 Å². The predicted octanol–water partition coefficient (Wildman–Crippen LogP) is 3.82. The zero-order valence-corrected chi connectivity index (χ0v) is 12.2. The summed E-state index contributed by atoms with van der Waals surface area (Å²) in [6, 6.07) is 4.20. The minimum atomic E-state index is 0.832. The lowest BCUT2D eigenvalue weighted by molar-refractivity contribution is 0.991. The first kappa shape index (κ1) is 13.0. The monoisotopic (exact) mass is 261 g/mol. The largest absolute Gasteiger partial charge is 0.370 e. The number of hydrogen-bond acceptors (Lipinski definition) is 4. The Balaban J connectivity index is 2.50. The molecule has 0 aliphatic carbocycles. The smallest absolute Gasteiger partial charge is 0.171 e. The van der Waals surface area contributed by atoms with Crippen molar-refractivity contribution in [3.8, 4) is 10.7 Å². The molecule has 0 bridgehead atoms. The van der Waals surface area contributed by atoms with Gasteiger partial charge in [0.25, 0.3) is 0 Å². The van der Waals surface area contributed by atoms with Gasteiger partial charge in [0.15, 0.2) is 5.82 Å². The first-order chi connectivity index (χ1) is 8.65. The van der Waals surface area contributed by atoms with E-state index < -0.39 is 0 Å². The Labute approximate surface area is 112 Å². The molecule has 4 heteroatoms. The van der Waals surface area contributed by atoms with Gasteiger partial charge in [-0.05, 0) is 39.3 Å². The summed E-state index contributed by atoms with van der Waals surface area (Å²) in [6.45, 7) is 9.28. The van der Waals surface area contributed by atoms with Gasteiger partial charge in [-0.15, -0.1) is 11.3 Å². The Hall–Kier alpha value is -1.42. The highest BCUT2D eigenvalue weighted by molar-refractivity contribution is 7.15. The molecule has 0 atom stereocenters. The van der Waals surface area contributed by atoms with Crippen molar-refractivity contribution < 1.29 is 0 Å². The molecule has 2 aromatic heterocycles. The molecule has 0 radical (unpaired) electrons. The molecule has 0 spiro atoms. The fourth-order valence-corrected chi connectivity index (χ4v) is 2.80. The number of aromatic nitrogens is 2. The van der Waals surface area contributed by atoms with Crippen LogP contribution in [0.2, 0.25) is 0 Å². The summed E-state index contributed by atoms with van der Waals surface area (Å²) in [5.74, 6) is 1.81. The van der Waals surface area contributed by atoms with E-state index in [9.17, 15) is 0 Å². The lowest BCUT2D eigenvalue weighted by Crippen LogP contribution is -2.07. The van der Waals surface area contributed by atoms with Crippen LogP contribution in [-0.4, -0.2) is 16.5 Å². The van der Waals surface area contributed by atoms with Crippen molar-refractivity contribution in [2.75, 3.05) is 11.9 Å². The summed E-state index contributed by atoms with van der Waals surface area (Å²) in [5.41, 5.74) is 2.29. The number of hydrogen-bond donors (Lipinski definition) is 1. The van der Waals surface area contributed by atoms with Crippen LogP contribution in [0, 0.1) is 13.8 Å². The van der Waals surface area contributed by atoms with Crippen LogP contribution in [0.1, 0.15) is 30.0 Å². The number of aryl methyl sites for hydroxylation is 2. The molecule has 18 heavy (non-hydrogen) atoms. The number of anilines is 1. The van der Waals surface area contributed by atoms with Crippen LogP contribution >= 0.6 is 11.3 Å². The quantitative estimate of drug-likeness (QED) is 0.909.